The zero-order valence-corrected chi connectivity index (χ0v) is 11.6. The van der Waals surface area contributed by atoms with E-state index in [1.165, 1.54) is 18.7 Å². The molecule has 1 aliphatic rings. The van der Waals surface area contributed by atoms with Crippen LogP contribution in [0.15, 0.2) is 31.1 Å². The van der Waals surface area contributed by atoms with Crippen LogP contribution in [0, 0.1) is 0 Å². The zero-order valence-electron chi connectivity index (χ0n) is 11.6. The number of halogens is 2. The average molecular weight is 308 g/mol. The first kappa shape index (κ1) is 14.4. The second kappa shape index (κ2) is 6.46. The van der Waals surface area contributed by atoms with Crippen LogP contribution < -0.4 is 14.5 Å². The van der Waals surface area contributed by atoms with Crippen LogP contribution in [0.1, 0.15) is 0 Å². The van der Waals surface area contributed by atoms with Gasteiger partial charge in [-0.2, -0.15) is 8.78 Å². The molecule has 0 bridgehead atoms. The number of alkyl halides is 2. The largest absolute Gasteiger partial charge is 0.401 e. The smallest absolute Gasteiger partial charge is 0.389 e. The number of aromatic nitrogens is 4. The van der Waals surface area contributed by atoms with Crippen LogP contribution in [0.25, 0.3) is 0 Å². The average Bonchev–Trinajstić information content (AvgIpc) is 2.56. The molecule has 0 N–H and O–H groups in total. The van der Waals surface area contributed by atoms with Crippen molar-refractivity contribution in [1.82, 2.24) is 19.9 Å². The van der Waals surface area contributed by atoms with Gasteiger partial charge in [-0.25, -0.2) is 19.9 Å². The van der Waals surface area contributed by atoms with Crippen molar-refractivity contribution in [2.75, 3.05) is 36.0 Å². The lowest BCUT2D eigenvalue weighted by Crippen LogP contribution is -2.46. The fraction of sp³-hybridized carbons (Fsp3) is 0.385. The quantitative estimate of drug-likeness (QED) is 0.840. The van der Waals surface area contributed by atoms with Crippen molar-refractivity contribution in [3.63, 3.8) is 0 Å². The summed E-state index contributed by atoms with van der Waals surface area (Å²) in [5, 5.41) is 0. The normalized spacial score (nSPS) is 15.2. The molecule has 3 rings (SSSR count). The standard InChI is InChI=1S/C13H14F2N6O/c14-12(15)22-13-18-7-11(8-19-13)21-3-1-20(2-4-21)10-5-16-9-17-6-10/h5-9,12H,1-4H2. The molecule has 0 radical (unpaired) electrons. The van der Waals surface area contributed by atoms with Crippen molar-refractivity contribution < 1.29 is 13.5 Å². The van der Waals surface area contributed by atoms with Gasteiger partial charge in [0, 0.05) is 26.2 Å². The van der Waals surface area contributed by atoms with E-state index in [-0.39, 0.29) is 6.01 Å². The second-order valence-electron chi connectivity index (χ2n) is 4.67. The Morgan fingerprint density at radius 3 is 1.86 bits per heavy atom. The molecule has 0 amide bonds. The minimum absolute atomic E-state index is 0.321. The third-order valence-electron chi connectivity index (χ3n) is 3.37. The van der Waals surface area contributed by atoms with Crippen molar-refractivity contribution >= 4 is 11.4 Å². The summed E-state index contributed by atoms with van der Waals surface area (Å²) in [6.45, 7) is 0.244. The highest BCUT2D eigenvalue weighted by Gasteiger charge is 2.18. The fourth-order valence-corrected chi connectivity index (χ4v) is 2.29. The maximum absolute atomic E-state index is 12.1. The van der Waals surface area contributed by atoms with E-state index >= 15 is 0 Å². The lowest BCUT2D eigenvalue weighted by molar-refractivity contribution is -0.0560. The molecule has 9 heteroatoms. The monoisotopic (exact) mass is 308 g/mol. The predicted octanol–water partition coefficient (Wildman–Crippen LogP) is 1.19. The Labute approximate surface area is 125 Å². The van der Waals surface area contributed by atoms with Gasteiger partial charge in [0.05, 0.1) is 36.2 Å². The highest BCUT2D eigenvalue weighted by atomic mass is 19.3. The predicted molar refractivity (Wildman–Crippen MR) is 75.1 cm³/mol. The van der Waals surface area contributed by atoms with Crippen molar-refractivity contribution in [3.8, 4) is 6.01 Å². The molecule has 1 saturated heterocycles. The molecule has 22 heavy (non-hydrogen) atoms. The molecule has 2 aromatic heterocycles. The Kier molecular flexibility index (Phi) is 4.22. The van der Waals surface area contributed by atoms with Crippen LogP contribution in [0.4, 0.5) is 20.2 Å². The van der Waals surface area contributed by atoms with E-state index in [1.807, 2.05) is 0 Å². The van der Waals surface area contributed by atoms with Gasteiger partial charge in [-0.3, -0.25) is 0 Å². The molecule has 0 spiro atoms. The summed E-state index contributed by atoms with van der Waals surface area (Å²) < 4.78 is 28.2. The van der Waals surface area contributed by atoms with Crippen LogP contribution in [-0.2, 0) is 0 Å². The van der Waals surface area contributed by atoms with Gasteiger partial charge in [-0.05, 0) is 0 Å². The van der Waals surface area contributed by atoms with Crippen LogP contribution in [0.5, 0.6) is 6.01 Å². The van der Waals surface area contributed by atoms with Gasteiger partial charge >= 0.3 is 12.6 Å². The van der Waals surface area contributed by atoms with E-state index in [4.69, 9.17) is 0 Å². The number of rotatable bonds is 4. The molecule has 0 aliphatic carbocycles. The molecule has 7 nitrogen and oxygen atoms in total. The molecule has 0 saturated carbocycles. The highest BCUT2D eigenvalue weighted by molar-refractivity contribution is 5.48. The third kappa shape index (κ3) is 3.35. The van der Waals surface area contributed by atoms with E-state index < -0.39 is 6.61 Å². The molecule has 0 atom stereocenters. The van der Waals surface area contributed by atoms with Gasteiger partial charge in [0.15, 0.2) is 0 Å². The van der Waals surface area contributed by atoms with Crippen molar-refractivity contribution in [2.45, 2.75) is 6.61 Å². The minimum atomic E-state index is -2.91. The summed E-state index contributed by atoms with van der Waals surface area (Å²) in [6, 6.07) is -0.321. The number of anilines is 2. The summed E-state index contributed by atoms with van der Waals surface area (Å²) >= 11 is 0. The Hall–Kier alpha value is -2.58. The maximum Gasteiger partial charge on any atom is 0.389 e. The molecule has 116 valence electrons. The first-order chi connectivity index (χ1) is 10.7. The van der Waals surface area contributed by atoms with Crippen LogP contribution in [-0.4, -0.2) is 52.7 Å². The molecule has 2 aromatic rings. The van der Waals surface area contributed by atoms with Crippen LogP contribution in [0.3, 0.4) is 0 Å². The first-order valence-electron chi connectivity index (χ1n) is 6.74. The summed E-state index contributed by atoms with van der Waals surface area (Å²) in [7, 11) is 0. The lowest BCUT2D eigenvalue weighted by Gasteiger charge is -2.36. The fourth-order valence-electron chi connectivity index (χ4n) is 2.29. The maximum atomic E-state index is 12.1. The second-order valence-corrected chi connectivity index (χ2v) is 4.67. The Morgan fingerprint density at radius 2 is 1.36 bits per heavy atom. The summed E-state index contributed by atoms with van der Waals surface area (Å²) in [5.41, 5.74) is 1.77. The van der Waals surface area contributed by atoms with E-state index in [9.17, 15) is 8.78 Å². The minimum Gasteiger partial charge on any atom is -0.401 e. The highest BCUT2D eigenvalue weighted by Crippen LogP contribution is 2.19. The van der Waals surface area contributed by atoms with Crippen molar-refractivity contribution in [3.05, 3.63) is 31.1 Å². The van der Waals surface area contributed by atoms with Crippen LogP contribution in [0.2, 0.25) is 0 Å². The van der Waals surface area contributed by atoms with Crippen LogP contribution >= 0.6 is 0 Å². The molecule has 3 heterocycles. The number of hydrogen-bond acceptors (Lipinski definition) is 7. The third-order valence-corrected chi connectivity index (χ3v) is 3.37. The SMILES string of the molecule is FC(F)Oc1ncc(N2CCN(c3cncnc3)CC2)cn1. The summed E-state index contributed by atoms with van der Waals surface area (Å²) in [5.74, 6) is 0. The van der Waals surface area contributed by atoms with Gasteiger partial charge in [0.25, 0.3) is 0 Å². The van der Waals surface area contributed by atoms with Crippen molar-refractivity contribution in [1.29, 1.82) is 0 Å². The molecule has 0 aromatic carbocycles. The van der Waals surface area contributed by atoms with Gasteiger partial charge in [0.1, 0.15) is 6.33 Å². The number of ether oxygens (including phenoxy) is 1. The van der Waals surface area contributed by atoms with Gasteiger partial charge in [-0.1, -0.05) is 0 Å². The molecular weight excluding hydrogens is 294 g/mol. The van der Waals surface area contributed by atoms with Gasteiger partial charge in [-0.15, -0.1) is 0 Å². The van der Waals surface area contributed by atoms with E-state index in [2.05, 4.69) is 34.5 Å². The topological polar surface area (TPSA) is 67.3 Å². The Bertz CT molecular complexity index is 589. The number of piperazine rings is 1. The van der Waals surface area contributed by atoms with Gasteiger partial charge < -0.3 is 14.5 Å². The summed E-state index contributed by atoms with van der Waals surface area (Å²) in [6.07, 6.45) is 8.04. The zero-order chi connectivity index (χ0) is 15.4. The van der Waals surface area contributed by atoms with E-state index in [1.54, 1.807) is 12.4 Å². The Balaban J connectivity index is 1.59. The Morgan fingerprint density at radius 1 is 0.864 bits per heavy atom. The molecular formula is C13H14F2N6O. The van der Waals surface area contributed by atoms with E-state index in [0.29, 0.717) is 0 Å². The number of nitrogens with zero attached hydrogens (tertiary/aromatic N) is 6. The molecule has 1 aliphatic heterocycles. The number of hydrogen-bond donors (Lipinski definition) is 0. The van der Waals surface area contributed by atoms with Gasteiger partial charge in [0.2, 0.25) is 0 Å². The molecule has 0 unspecified atom stereocenters. The first-order valence-corrected chi connectivity index (χ1v) is 6.74. The summed E-state index contributed by atoms with van der Waals surface area (Å²) in [4.78, 5) is 19.9. The van der Waals surface area contributed by atoms with Crippen molar-refractivity contribution in [2.24, 2.45) is 0 Å². The van der Waals surface area contributed by atoms with E-state index in [0.717, 1.165) is 37.6 Å². The lowest BCUT2D eigenvalue weighted by atomic mass is 10.3. The molecule has 1 fully saturated rings.